The van der Waals surface area contributed by atoms with Gasteiger partial charge in [-0.15, -0.1) is 11.3 Å². The summed E-state index contributed by atoms with van der Waals surface area (Å²) in [5.41, 5.74) is 1.63. The van der Waals surface area contributed by atoms with Gasteiger partial charge in [0.15, 0.2) is 5.96 Å². The van der Waals surface area contributed by atoms with Gasteiger partial charge in [0.1, 0.15) is 0 Å². The Morgan fingerprint density at radius 1 is 1.12 bits per heavy atom. The fraction of sp³-hybridized carbons (Fsp3) is 0.333. The molecule has 2 aromatic rings. The Hall–Kier alpha value is -2.34. The van der Waals surface area contributed by atoms with Crippen LogP contribution in [0.15, 0.2) is 41.4 Å². The Labute approximate surface area is 146 Å². The number of benzene rings is 1. The highest BCUT2D eigenvalue weighted by atomic mass is 32.1. The van der Waals surface area contributed by atoms with E-state index < -0.39 is 0 Å². The van der Waals surface area contributed by atoms with Crippen molar-refractivity contribution < 1.29 is 9.53 Å². The van der Waals surface area contributed by atoms with E-state index in [0.717, 1.165) is 18.1 Å². The number of aliphatic imine (C=N–C) groups is 1. The van der Waals surface area contributed by atoms with Crippen LogP contribution in [0.25, 0.3) is 0 Å². The zero-order valence-corrected chi connectivity index (χ0v) is 15.1. The molecule has 0 aliphatic carbocycles. The first-order valence-corrected chi connectivity index (χ1v) is 8.70. The maximum absolute atomic E-state index is 11.6. The van der Waals surface area contributed by atoms with Gasteiger partial charge in [0, 0.05) is 23.3 Å². The summed E-state index contributed by atoms with van der Waals surface area (Å²) in [4.78, 5) is 18.4. The topological polar surface area (TPSA) is 62.7 Å². The Bertz CT molecular complexity index is 693. The number of aryl methyl sites for hydroxylation is 1. The molecule has 0 saturated heterocycles. The number of carbonyl (C=O) groups excluding carboxylic acids is 1. The molecule has 5 nitrogen and oxygen atoms in total. The minimum Gasteiger partial charge on any atom is -0.462 e. The van der Waals surface area contributed by atoms with Crippen LogP contribution < -0.4 is 10.6 Å². The number of nitrogens with one attached hydrogen (secondary N) is 2. The maximum atomic E-state index is 11.6. The highest BCUT2D eigenvalue weighted by molar-refractivity contribution is 7.11. The SMILES string of the molecule is CCOC(=O)c1ccc(CNC(=NC)NCc2ccc(C)s2)cc1. The normalized spacial score (nSPS) is 11.2. The van der Waals surface area contributed by atoms with E-state index in [1.165, 1.54) is 9.75 Å². The van der Waals surface area contributed by atoms with Crippen molar-refractivity contribution in [3.8, 4) is 0 Å². The van der Waals surface area contributed by atoms with Crippen LogP contribution in [0.4, 0.5) is 0 Å². The minimum atomic E-state index is -0.291. The quantitative estimate of drug-likeness (QED) is 0.480. The van der Waals surface area contributed by atoms with Crippen molar-refractivity contribution in [2.75, 3.05) is 13.7 Å². The molecule has 0 spiro atoms. The van der Waals surface area contributed by atoms with Crippen LogP contribution in [-0.4, -0.2) is 25.6 Å². The third-order valence-electron chi connectivity index (χ3n) is 3.37. The molecule has 1 aromatic heterocycles. The Morgan fingerprint density at radius 3 is 2.42 bits per heavy atom. The van der Waals surface area contributed by atoms with Crippen LogP contribution in [0, 0.1) is 6.92 Å². The molecule has 0 aliphatic rings. The summed E-state index contributed by atoms with van der Waals surface area (Å²) < 4.78 is 4.98. The van der Waals surface area contributed by atoms with Gasteiger partial charge in [0.05, 0.1) is 18.7 Å². The molecule has 0 amide bonds. The van der Waals surface area contributed by atoms with Gasteiger partial charge in [-0.05, 0) is 43.7 Å². The monoisotopic (exact) mass is 345 g/mol. The van der Waals surface area contributed by atoms with E-state index in [-0.39, 0.29) is 5.97 Å². The summed E-state index contributed by atoms with van der Waals surface area (Å²) in [5, 5.41) is 6.55. The second-order valence-corrected chi connectivity index (χ2v) is 6.58. The molecule has 2 N–H and O–H groups in total. The molecule has 1 aromatic carbocycles. The molecule has 0 fully saturated rings. The van der Waals surface area contributed by atoms with Crippen molar-refractivity contribution in [1.82, 2.24) is 10.6 Å². The van der Waals surface area contributed by atoms with E-state index in [4.69, 9.17) is 4.74 Å². The number of rotatable bonds is 6. The van der Waals surface area contributed by atoms with Gasteiger partial charge in [-0.3, -0.25) is 4.99 Å². The molecule has 128 valence electrons. The van der Waals surface area contributed by atoms with Crippen molar-refractivity contribution in [3.63, 3.8) is 0 Å². The van der Waals surface area contributed by atoms with Gasteiger partial charge < -0.3 is 15.4 Å². The Kier molecular flexibility index (Phi) is 6.81. The summed E-state index contributed by atoms with van der Waals surface area (Å²) in [5.74, 6) is 0.455. The highest BCUT2D eigenvalue weighted by Gasteiger charge is 2.06. The summed E-state index contributed by atoms with van der Waals surface area (Å²) in [6, 6.07) is 11.6. The molecule has 0 bridgehead atoms. The van der Waals surface area contributed by atoms with Crippen molar-refractivity contribution in [2.45, 2.75) is 26.9 Å². The fourth-order valence-corrected chi connectivity index (χ4v) is 2.96. The molecular weight excluding hydrogens is 322 g/mol. The smallest absolute Gasteiger partial charge is 0.338 e. The van der Waals surface area contributed by atoms with E-state index in [9.17, 15) is 4.79 Å². The van der Waals surface area contributed by atoms with Crippen LogP contribution in [0.2, 0.25) is 0 Å². The van der Waals surface area contributed by atoms with Gasteiger partial charge in [0.25, 0.3) is 0 Å². The van der Waals surface area contributed by atoms with Gasteiger partial charge in [0.2, 0.25) is 0 Å². The van der Waals surface area contributed by atoms with Gasteiger partial charge >= 0.3 is 5.97 Å². The standard InChI is InChI=1S/C18H23N3O2S/c1-4-23-17(22)15-8-6-14(7-9-15)11-20-18(19-3)21-12-16-10-5-13(2)24-16/h5-10H,4,11-12H2,1-3H3,(H2,19,20,21). The minimum absolute atomic E-state index is 0.291. The van der Waals surface area contributed by atoms with Crippen LogP contribution in [0.5, 0.6) is 0 Å². The first-order valence-electron chi connectivity index (χ1n) is 7.88. The first kappa shape index (κ1) is 18.0. The number of esters is 1. The number of ether oxygens (including phenoxy) is 1. The van der Waals surface area contributed by atoms with Gasteiger partial charge in [-0.2, -0.15) is 0 Å². The molecule has 0 radical (unpaired) electrons. The number of hydrogen-bond donors (Lipinski definition) is 2. The number of thiophene rings is 1. The van der Waals surface area contributed by atoms with Crippen molar-refractivity contribution in [3.05, 3.63) is 57.3 Å². The zero-order valence-electron chi connectivity index (χ0n) is 14.3. The maximum Gasteiger partial charge on any atom is 0.338 e. The zero-order chi connectivity index (χ0) is 17.4. The van der Waals surface area contributed by atoms with Crippen molar-refractivity contribution in [2.24, 2.45) is 4.99 Å². The summed E-state index contributed by atoms with van der Waals surface area (Å²) in [6.45, 7) is 5.66. The van der Waals surface area contributed by atoms with E-state index in [1.54, 1.807) is 37.4 Å². The Morgan fingerprint density at radius 2 is 1.83 bits per heavy atom. The van der Waals surface area contributed by atoms with E-state index in [2.05, 4.69) is 34.7 Å². The summed E-state index contributed by atoms with van der Waals surface area (Å²) >= 11 is 1.77. The predicted molar refractivity (Wildman–Crippen MR) is 98.5 cm³/mol. The van der Waals surface area contributed by atoms with E-state index in [0.29, 0.717) is 18.7 Å². The third-order valence-corrected chi connectivity index (χ3v) is 4.38. The van der Waals surface area contributed by atoms with Crippen LogP contribution in [0.1, 0.15) is 32.6 Å². The first-order chi connectivity index (χ1) is 11.6. The number of guanidine groups is 1. The molecule has 2 rings (SSSR count). The molecule has 6 heteroatoms. The molecule has 0 unspecified atom stereocenters. The molecule has 24 heavy (non-hydrogen) atoms. The van der Waals surface area contributed by atoms with Crippen molar-refractivity contribution >= 4 is 23.3 Å². The molecule has 0 aliphatic heterocycles. The van der Waals surface area contributed by atoms with Crippen molar-refractivity contribution in [1.29, 1.82) is 0 Å². The summed E-state index contributed by atoms with van der Waals surface area (Å²) in [6.07, 6.45) is 0. The second kappa shape index (κ2) is 9.08. The fourth-order valence-electron chi connectivity index (χ4n) is 2.13. The number of carbonyl (C=O) groups is 1. The lowest BCUT2D eigenvalue weighted by atomic mass is 10.1. The van der Waals surface area contributed by atoms with Crippen LogP contribution in [0.3, 0.4) is 0 Å². The molecule has 0 atom stereocenters. The summed E-state index contributed by atoms with van der Waals surface area (Å²) in [7, 11) is 1.75. The average Bonchev–Trinajstić information content (AvgIpc) is 3.01. The molecule has 0 saturated carbocycles. The van der Waals surface area contributed by atoms with E-state index >= 15 is 0 Å². The number of nitrogens with zero attached hydrogens (tertiary/aromatic N) is 1. The largest absolute Gasteiger partial charge is 0.462 e. The number of hydrogen-bond acceptors (Lipinski definition) is 4. The molecular formula is C18H23N3O2S. The highest BCUT2D eigenvalue weighted by Crippen LogP contribution is 2.14. The molecule has 1 heterocycles. The average molecular weight is 345 g/mol. The van der Waals surface area contributed by atoms with Crippen LogP contribution in [-0.2, 0) is 17.8 Å². The van der Waals surface area contributed by atoms with Gasteiger partial charge in [-0.1, -0.05) is 12.1 Å². The van der Waals surface area contributed by atoms with E-state index in [1.807, 2.05) is 12.1 Å². The Balaban J connectivity index is 1.83. The lowest BCUT2D eigenvalue weighted by Crippen LogP contribution is -2.36. The van der Waals surface area contributed by atoms with Gasteiger partial charge in [-0.25, -0.2) is 4.79 Å². The third kappa shape index (κ3) is 5.38. The second-order valence-electron chi connectivity index (χ2n) is 5.21. The van der Waals surface area contributed by atoms with Crippen LogP contribution >= 0.6 is 11.3 Å². The lowest BCUT2D eigenvalue weighted by Gasteiger charge is -2.11. The predicted octanol–water partition coefficient (Wildman–Crippen LogP) is 3.10. The lowest BCUT2D eigenvalue weighted by molar-refractivity contribution is 0.0526.